The fourth-order valence-corrected chi connectivity index (χ4v) is 2.22. The number of benzene rings is 2. The second-order valence-electron chi connectivity index (χ2n) is 4.53. The maximum absolute atomic E-state index is 6.00. The van der Waals surface area contributed by atoms with Crippen LogP contribution >= 0.6 is 11.6 Å². The van der Waals surface area contributed by atoms with E-state index in [0.29, 0.717) is 10.7 Å². The van der Waals surface area contributed by atoms with E-state index >= 15 is 0 Å². The van der Waals surface area contributed by atoms with Gasteiger partial charge < -0.3 is 5.73 Å². The molecule has 0 unspecified atom stereocenters. The van der Waals surface area contributed by atoms with E-state index in [0.717, 1.165) is 22.2 Å². The van der Waals surface area contributed by atoms with Crippen LogP contribution in [0.25, 0.3) is 10.9 Å². The molecule has 100 valence electrons. The number of nitrogens with zero attached hydrogens (tertiary/aromatic N) is 3. The molecule has 3 rings (SSSR count). The topological polar surface area (TPSA) is 56.2 Å². The highest BCUT2D eigenvalue weighted by molar-refractivity contribution is 6.31. The van der Waals surface area contributed by atoms with Crippen LogP contribution in [-0.2, 0) is 0 Å². The van der Waals surface area contributed by atoms with Crippen molar-refractivity contribution in [1.29, 1.82) is 0 Å². The number of hydrogen-bond donors (Lipinski definition) is 1. The van der Waals surface area contributed by atoms with E-state index in [1.807, 2.05) is 37.4 Å². The molecule has 0 amide bonds. The quantitative estimate of drug-likeness (QED) is 0.578. The first-order valence-electron chi connectivity index (χ1n) is 6.19. The summed E-state index contributed by atoms with van der Waals surface area (Å²) in [5.74, 6) is 0. The lowest BCUT2D eigenvalue weighted by molar-refractivity contribution is 0.751. The van der Waals surface area contributed by atoms with Crippen molar-refractivity contribution in [3.05, 3.63) is 59.2 Å². The average molecular weight is 285 g/mol. The Labute approximate surface area is 121 Å². The van der Waals surface area contributed by atoms with Gasteiger partial charge in [0.1, 0.15) is 0 Å². The maximum Gasteiger partial charge on any atom is 0.0945 e. The zero-order valence-electron chi connectivity index (χ0n) is 10.9. The predicted molar refractivity (Wildman–Crippen MR) is 83.2 cm³/mol. The molecular weight excluding hydrogens is 272 g/mol. The minimum Gasteiger partial charge on any atom is -0.398 e. The van der Waals surface area contributed by atoms with Gasteiger partial charge in [0.25, 0.3) is 0 Å². The number of anilines is 1. The van der Waals surface area contributed by atoms with Crippen LogP contribution in [0.3, 0.4) is 0 Å². The highest BCUT2D eigenvalue weighted by atomic mass is 35.5. The summed E-state index contributed by atoms with van der Waals surface area (Å²) in [6.07, 6.45) is 1.87. The molecule has 0 bridgehead atoms. The van der Waals surface area contributed by atoms with Crippen LogP contribution in [0.1, 0.15) is 12.5 Å². The van der Waals surface area contributed by atoms with Gasteiger partial charge in [-0.2, -0.15) is 15.0 Å². The van der Waals surface area contributed by atoms with Crippen molar-refractivity contribution in [3.8, 4) is 0 Å². The summed E-state index contributed by atoms with van der Waals surface area (Å²) < 4.78 is 0. The Morgan fingerprint density at radius 3 is 2.85 bits per heavy atom. The number of nitrogens with two attached hydrogens (primary N) is 1. The second kappa shape index (κ2) is 4.98. The molecule has 1 aromatic heterocycles. The molecule has 0 atom stereocenters. The number of aromatic nitrogens is 2. The van der Waals surface area contributed by atoms with E-state index < -0.39 is 0 Å². The van der Waals surface area contributed by atoms with Crippen LogP contribution in [0.5, 0.6) is 0 Å². The molecule has 4 nitrogen and oxygen atoms in total. The number of rotatable bonds is 2. The number of hydrogen-bond acceptors (Lipinski definition) is 3. The molecule has 1 heterocycles. The Kier molecular flexibility index (Phi) is 3.16. The van der Waals surface area contributed by atoms with E-state index in [-0.39, 0.29) is 0 Å². The lowest BCUT2D eigenvalue weighted by Gasteiger charge is -2.05. The van der Waals surface area contributed by atoms with Gasteiger partial charge in [-0.25, -0.2) is 0 Å². The molecule has 0 saturated carbocycles. The van der Waals surface area contributed by atoms with Crippen LogP contribution in [0.2, 0.25) is 5.02 Å². The highest BCUT2D eigenvalue weighted by Gasteiger charge is 2.05. The zero-order valence-corrected chi connectivity index (χ0v) is 11.7. The minimum absolute atomic E-state index is 0.634. The molecule has 2 aromatic carbocycles. The molecular formula is C15H13ClN4. The smallest absolute Gasteiger partial charge is 0.0945 e. The molecule has 0 saturated heterocycles. The fourth-order valence-electron chi connectivity index (χ4n) is 2.05. The normalized spacial score (nSPS) is 12.0. The van der Waals surface area contributed by atoms with Crippen molar-refractivity contribution in [3.63, 3.8) is 0 Å². The highest BCUT2D eigenvalue weighted by Crippen LogP contribution is 2.19. The van der Waals surface area contributed by atoms with Crippen LogP contribution in [0, 0.1) is 0 Å². The van der Waals surface area contributed by atoms with Gasteiger partial charge in [0.05, 0.1) is 17.4 Å². The molecule has 2 N–H and O–H groups in total. The summed E-state index contributed by atoms with van der Waals surface area (Å²) in [6, 6.07) is 13.2. The monoisotopic (exact) mass is 284 g/mol. The Morgan fingerprint density at radius 1 is 1.25 bits per heavy atom. The summed E-state index contributed by atoms with van der Waals surface area (Å²) in [6.45, 7) is 1.88. The van der Waals surface area contributed by atoms with E-state index in [9.17, 15) is 0 Å². The minimum atomic E-state index is 0.634. The SMILES string of the molecule is C/C(=N\n1cc2ccccc2n1)c1cc(Cl)ccc1N. The van der Waals surface area contributed by atoms with Crippen molar-refractivity contribution in [2.75, 3.05) is 5.73 Å². The van der Waals surface area contributed by atoms with Crippen LogP contribution in [-0.4, -0.2) is 15.6 Å². The molecule has 3 aromatic rings. The van der Waals surface area contributed by atoms with Crippen molar-refractivity contribution in [1.82, 2.24) is 9.89 Å². The Bertz CT molecular complexity index is 771. The molecule has 0 spiro atoms. The van der Waals surface area contributed by atoms with Gasteiger partial charge >= 0.3 is 0 Å². The van der Waals surface area contributed by atoms with Crippen molar-refractivity contribution in [2.45, 2.75) is 6.92 Å². The largest absolute Gasteiger partial charge is 0.398 e. The number of nitrogen functional groups attached to an aromatic ring is 1. The Balaban J connectivity index is 2.04. The molecule has 0 aliphatic heterocycles. The van der Waals surface area contributed by atoms with E-state index in [1.165, 1.54) is 0 Å². The van der Waals surface area contributed by atoms with Gasteiger partial charge in [-0.05, 0) is 31.2 Å². The summed E-state index contributed by atoms with van der Waals surface area (Å²) >= 11 is 6.00. The van der Waals surface area contributed by atoms with Gasteiger partial charge in [0.2, 0.25) is 0 Å². The Hall–Kier alpha value is -2.33. The molecule has 0 aliphatic rings. The standard InChI is InChI=1S/C15H13ClN4/c1-10(13-8-12(16)6-7-14(13)17)18-20-9-11-4-2-3-5-15(11)19-20/h2-9H,17H2,1H3/b18-10+. The molecule has 5 heteroatoms. The van der Waals surface area contributed by atoms with Gasteiger partial charge in [0.15, 0.2) is 0 Å². The predicted octanol–water partition coefficient (Wildman–Crippen LogP) is 3.54. The van der Waals surface area contributed by atoms with E-state index in [2.05, 4.69) is 10.2 Å². The first-order valence-corrected chi connectivity index (χ1v) is 6.57. The van der Waals surface area contributed by atoms with Crippen molar-refractivity contribution in [2.24, 2.45) is 5.10 Å². The van der Waals surface area contributed by atoms with Gasteiger partial charge in [-0.1, -0.05) is 29.8 Å². The second-order valence-corrected chi connectivity index (χ2v) is 4.96. The lowest BCUT2D eigenvalue weighted by atomic mass is 10.1. The average Bonchev–Trinajstić information content (AvgIpc) is 2.83. The third-order valence-corrected chi connectivity index (χ3v) is 3.29. The zero-order chi connectivity index (χ0) is 14.1. The van der Waals surface area contributed by atoms with Gasteiger partial charge in [-0.3, -0.25) is 0 Å². The third-order valence-electron chi connectivity index (χ3n) is 3.06. The third kappa shape index (κ3) is 2.38. The van der Waals surface area contributed by atoms with Crippen molar-refractivity contribution >= 4 is 33.9 Å². The first-order chi connectivity index (χ1) is 9.63. The summed E-state index contributed by atoms with van der Waals surface area (Å²) in [7, 11) is 0. The first kappa shape index (κ1) is 12.7. The van der Waals surface area contributed by atoms with Crippen LogP contribution < -0.4 is 5.73 Å². The summed E-state index contributed by atoms with van der Waals surface area (Å²) in [4.78, 5) is 1.56. The molecule has 0 fully saturated rings. The summed E-state index contributed by atoms with van der Waals surface area (Å²) in [5.41, 5.74) is 9.08. The van der Waals surface area contributed by atoms with Crippen molar-refractivity contribution < 1.29 is 0 Å². The van der Waals surface area contributed by atoms with Gasteiger partial charge in [-0.15, -0.1) is 0 Å². The van der Waals surface area contributed by atoms with Crippen LogP contribution in [0.4, 0.5) is 5.69 Å². The van der Waals surface area contributed by atoms with Crippen LogP contribution in [0.15, 0.2) is 53.8 Å². The number of fused-ring (bicyclic) bond motifs is 1. The molecule has 0 radical (unpaired) electrons. The van der Waals surface area contributed by atoms with E-state index in [4.69, 9.17) is 17.3 Å². The molecule has 0 aliphatic carbocycles. The summed E-state index contributed by atoms with van der Waals surface area (Å²) in [5, 5.41) is 10.5. The Morgan fingerprint density at radius 2 is 2.05 bits per heavy atom. The van der Waals surface area contributed by atoms with Gasteiger partial charge in [0, 0.05) is 21.7 Å². The van der Waals surface area contributed by atoms with E-state index in [1.54, 1.807) is 23.0 Å². The fraction of sp³-hybridized carbons (Fsp3) is 0.0667. The number of halogens is 1. The molecule has 20 heavy (non-hydrogen) atoms. The lowest BCUT2D eigenvalue weighted by Crippen LogP contribution is -2.04. The maximum atomic E-state index is 6.00.